The number of hydrogen-bond donors (Lipinski definition) is 1. The summed E-state index contributed by atoms with van der Waals surface area (Å²) in [5, 5.41) is 10.5. The molecule has 0 amide bonds. The fourth-order valence-corrected chi connectivity index (χ4v) is 1.61. The topological polar surface area (TPSA) is 78.4 Å². The van der Waals surface area contributed by atoms with Gasteiger partial charge in [0.15, 0.2) is 5.75 Å². The Morgan fingerprint density at radius 2 is 2.05 bits per heavy atom. The van der Waals surface area contributed by atoms with Gasteiger partial charge in [-0.25, -0.2) is 4.39 Å². The third-order valence-corrected chi connectivity index (χ3v) is 3.41. The summed E-state index contributed by atoms with van der Waals surface area (Å²) >= 11 is 5.51. The molecule has 0 fully saturated rings. The minimum absolute atomic E-state index is 0.0713. The van der Waals surface area contributed by atoms with Crippen LogP contribution in [0.4, 0.5) is 10.1 Å². The average molecular weight is 291 g/mol. The molecule has 1 aromatic rings. The molecular formula is C12H16ClFN2O3. The highest BCUT2D eigenvalue weighted by atomic mass is 35.5. The molecule has 0 aliphatic heterocycles. The minimum atomic E-state index is -0.766. The first-order valence-corrected chi connectivity index (χ1v) is 6.26. The van der Waals surface area contributed by atoms with E-state index in [0.717, 1.165) is 12.1 Å². The van der Waals surface area contributed by atoms with Gasteiger partial charge in [-0.15, -0.1) is 0 Å². The number of halogens is 2. The van der Waals surface area contributed by atoms with Crippen LogP contribution in [0.5, 0.6) is 5.75 Å². The molecular weight excluding hydrogens is 275 g/mol. The van der Waals surface area contributed by atoms with Crippen molar-refractivity contribution in [3.8, 4) is 5.75 Å². The van der Waals surface area contributed by atoms with E-state index in [-0.39, 0.29) is 23.1 Å². The molecule has 0 unspecified atom stereocenters. The first-order valence-electron chi connectivity index (χ1n) is 5.88. The lowest BCUT2D eigenvalue weighted by Gasteiger charge is -2.26. The molecule has 0 aliphatic carbocycles. The maximum absolute atomic E-state index is 13.3. The van der Waals surface area contributed by atoms with E-state index in [4.69, 9.17) is 22.1 Å². The van der Waals surface area contributed by atoms with Gasteiger partial charge in [0.05, 0.1) is 9.95 Å². The van der Waals surface area contributed by atoms with Crippen molar-refractivity contribution in [3.05, 3.63) is 33.1 Å². The number of benzene rings is 1. The third kappa shape index (κ3) is 3.78. The highest BCUT2D eigenvalue weighted by Crippen LogP contribution is 2.32. The molecule has 0 aromatic heterocycles. The van der Waals surface area contributed by atoms with Crippen LogP contribution in [0.3, 0.4) is 0 Å². The molecule has 0 bridgehead atoms. The Kier molecular flexibility index (Phi) is 5.08. The average Bonchev–Trinajstić information content (AvgIpc) is 2.39. The van der Waals surface area contributed by atoms with E-state index in [1.54, 1.807) is 0 Å². The molecule has 1 aromatic carbocycles. The summed E-state index contributed by atoms with van der Waals surface area (Å²) in [6.45, 7) is 3.86. The highest BCUT2D eigenvalue weighted by molar-refractivity contribution is 6.31. The fourth-order valence-electron chi connectivity index (χ4n) is 1.45. The number of hydrogen-bond acceptors (Lipinski definition) is 4. The Morgan fingerprint density at radius 1 is 1.47 bits per heavy atom. The molecule has 7 heteroatoms. The van der Waals surface area contributed by atoms with Gasteiger partial charge in [-0.3, -0.25) is 10.1 Å². The monoisotopic (exact) mass is 290 g/mol. The van der Waals surface area contributed by atoms with Crippen molar-refractivity contribution in [1.82, 2.24) is 0 Å². The minimum Gasteiger partial charge on any atom is -0.485 e. The van der Waals surface area contributed by atoms with Crippen LogP contribution in [0.1, 0.15) is 26.7 Å². The number of ether oxygens (including phenoxy) is 1. The zero-order valence-electron chi connectivity index (χ0n) is 10.8. The van der Waals surface area contributed by atoms with Crippen LogP contribution in [-0.4, -0.2) is 17.1 Å². The standard InChI is InChI=1S/C12H16ClFN2O3/c1-3-12(15,4-2)7-19-11-6-9(14)8(13)5-10(11)16(17)18/h5-6H,3-4,7,15H2,1-2H3. The molecule has 5 nitrogen and oxygen atoms in total. The van der Waals surface area contributed by atoms with Gasteiger partial charge in [0, 0.05) is 17.7 Å². The Morgan fingerprint density at radius 3 is 2.53 bits per heavy atom. The summed E-state index contributed by atoms with van der Waals surface area (Å²) in [4.78, 5) is 10.2. The first-order chi connectivity index (χ1) is 8.83. The Bertz CT molecular complexity index is 478. The van der Waals surface area contributed by atoms with Crippen molar-refractivity contribution in [1.29, 1.82) is 0 Å². The Labute approximate surface area is 115 Å². The highest BCUT2D eigenvalue weighted by Gasteiger charge is 2.25. The number of nitrogens with two attached hydrogens (primary N) is 1. The second-order valence-corrected chi connectivity index (χ2v) is 4.76. The van der Waals surface area contributed by atoms with Crippen LogP contribution in [0.2, 0.25) is 5.02 Å². The van der Waals surface area contributed by atoms with Crippen molar-refractivity contribution in [2.45, 2.75) is 32.2 Å². The number of nitro groups is 1. The predicted octanol–water partition coefficient (Wildman–Crippen LogP) is 3.28. The largest absolute Gasteiger partial charge is 0.485 e. The summed E-state index contributed by atoms with van der Waals surface area (Å²) in [6.07, 6.45) is 1.29. The van der Waals surface area contributed by atoms with Crippen LogP contribution in [0.25, 0.3) is 0 Å². The summed E-state index contributed by atoms with van der Waals surface area (Å²) in [6, 6.07) is 1.84. The molecule has 1 rings (SSSR count). The SMILES string of the molecule is CCC(N)(CC)COc1cc(F)c(Cl)cc1[N+](=O)[O-]. The number of nitrogens with zero attached hydrogens (tertiary/aromatic N) is 1. The maximum Gasteiger partial charge on any atom is 0.312 e. The first kappa shape index (κ1) is 15.7. The Hall–Kier alpha value is -1.40. The van der Waals surface area contributed by atoms with Crippen LogP contribution in [0, 0.1) is 15.9 Å². The molecule has 0 spiro atoms. The molecule has 0 aliphatic rings. The van der Waals surface area contributed by atoms with Crippen LogP contribution in [0.15, 0.2) is 12.1 Å². The normalized spacial score (nSPS) is 11.4. The fraction of sp³-hybridized carbons (Fsp3) is 0.500. The summed E-state index contributed by atoms with van der Waals surface area (Å²) in [5.41, 5.74) is 5.06. The molecule has 2 N–H and O–H groups in total. The summed E-state index contributed by atoms with van der Waals surface area (Å²) < 4.78 is 18.7. The molecule has 0 radical (unpaired) electrons. The van der Waals surface area contributed by atoms with Gasteiger partial charge in [-0.2, -0.15) is 0 Å². The van der Waals surface area contributed by atoms with Crippen molar-refractivity contribution >= 4 is 17.3 Å². The molecule has 0 heterocycles. The van der Waals surface area contributed by atoms with Gasteiger partial charge in [-0.1, -0.05) is 25.4 Å². The van der Waals surface area contributed by atoms with E-state index < -0.39 is 16.3 Å². The zero-order valence-corrected chi connectivity index (χ0v) is 11.5. The number of nitro benzene ring substituents is 1. The van der Waals surface area contributed by atoms with E-state index in [9.17, 15) is 14.5 Å². The van der Waals surface area contributed by atoms with Crippen LogP contribution >= 0.6 is 11.6 Å². The van der Waals surface area contributed by atoms with Gasteiger partial charge in [0.2, 0.25) is 0 Å². The van der Waals surface area contributed by atoms with Gasteiger partial charge in [-0.05, 0) is 12.8 Å². The van der Waals surface area contributed by atoms with Gasteiger partial charge in [0.25, 0.3) is 0 Å². The molecule has 0 saturated heterocycles. The van der Waals surface area contributed by atoms with Crippen molar-refractivity contribution in [2.75, 3.05) is 6.61 Å². The molecule has 106 valence electrons. The van der Waals surface area contributed by atoms with Crippen LogP contribution in [-0.2, 0) is 0 Å². The lowest BCUT2D eigenvalue weighted by molar-refractivity contribution is -0.386. The number of rotatable bonds is 6. The van der Waals surface area contributed by atoms with E-state index in [2.05, 4.69) is 0 Å². The second kappa shape index (κ2) is 6.16. The second-order valence-electron chi connectivity index (χ2n) is 4.35. The maximum atomic E-state index is 13.3. The van der Waals surface area contributed by atoms with Crippen LogP contribution < -0.4 is 10.5 Å². The summed E-state index contributed by atoms with van der Waals surface area (Å²) in [5.74, 6) is -0.929. The zero-order chi connectivity index (χ0) is 14.6. The molecule has 0 saturated carbocycles. The smallest absolute Gasteiger partial charge is 0.312 e. The van der Waals surface area contributed by atoms with Crippen molar-refractivity contribution in [3.63, 3.8) is 0 Å². The third-order valence-electron chi connectivity index (χ3n) is 3.12. The van der Waals surface area contributed by atoms with E-state index >= 15 is 0 Å². The Balaban J connectivity index is 3.00. The van der Waals surface area contributed by atoms with Crippen molar-refractivity contribution in [2.24, 2.45) is 5.73 Å². The lowest BCUT2D eigenvalue weighted by atomic mass is 9.96. The van der Waals surface area contributed by atoms with E-state index in [1.807, 2.05) is 13.8 Å². The predicted molar refractivity (Wildman–Crippen MR) is 71.1 cm³/mol. The van der Waals surface area contributed by atoms with Gasteiger partial charge >= 0.3 is 5.69 Å². The van der Waals surface area contributed by atoms with Crippen molar-refractivity contribution < 1.29 is 14.1 Å². The lowest BCUT2D eigenvalue weighted by Crippen LogP contribution is -2.44. The van der Waals surface area contributed by atoms with E-state index in [1.165, 1.54) is 0 Å². The van der Waals surface area contributed by atoms with E-state index in [0.29, 0.717) is 12.8 Å². The molecule has 19 heavy (non-hydrogen) atoms. The summed E-state index contributed by atoms with van der Waals surface area (Å²) in [7, 11) is 0. The molecule has 0 atom stereocenters. The van der Waals surface area contributed by atoms with Gasteiger partial charge < -0.3 is 10.5 Å². The van der Waals surface area contributed by atoms with Gasteiger partial charge in [0.1, 0.15) is 12.4 Å². The quantitative estimate of drug-likeness (QED) is 0.644.